The van der Waals surface area contributed by atoms with Gasteiger partial charge in [0, 0.05) is 37.9 Å². The van der Waals surface area contributed by atoms with Crippen molar-refractivity contribution in [2.45, 2.75) is 64.7 Å². The van der Waals surface area contributed by atoms with Gasteiger partial charge in [-0.2, -0.15) is 4.98 Å². The molecule has 0 spiro atoms. The van der Waals surface area contributed by atoms with Gasteiger partial charge in [-0.3, -0.25) is 4.99 Å². The van der Waals surface area contributed by atoms with Crippen LogP contribution in [0, 0.1) is 0 Å². The first kappa shape index (κ1) is 21.9. The molecule has 2 rings (SSSR count). The Bertz CT molecular complexity index is 720. The summed E-state index contributed by atoms with van der Waals surface area (Å²) in [5.41, 5.74) is 1.48. The first-order valence-corrected chi connectivity index (χ1v) is 10.4. The van der Waals surface area contributed by atoms with E-state index in [1.807, 2.05) is 7.05 Å². The molecule has 1 heterocycles. The normalized spacial score (nSPS) is 12.4. The molecule has 0 saturated carbocycles. The van der Waals surface area contributed by atoms with Crippen LogP contribution in [-0.4, -0.2) is 36.2 Å². The number of hydrogen-bond donors (Lipinski definition) is 2. The van der Waals surface area contributed by atoms with Gasteiger partial charge in [-0.05, 0) is 24.8 Å². The van der Waals surface area contributed by atoms with Gasteiger partial charge in [0.15, 0.2) is 11.8 Å². The van der Waals surface area contributed by atoms with Crippen LogP contribution in [0.5, 0.6) is 0 Å². The highest BCUT2D eigenvalue weighted by Crippen LogP contribution is 2.30. The molecular weight excluding hydrogens is 350 g/mol. The fourth-order valence-corrected chi connectivity index (χ4v) is 3.33. The molecule has 0 aliphatic carbocycles. The Morgan fingerprint density at radius 2 is 1.86 bits per heavy atom. The van der Waals surface area contributed by atoms with Crippen molar-refractivity contribution in [3.05, 3.63) is 47.6 Å². The van der Waals surface area contributed by atoms with Gasteiger partial charge in [-0.1, -0.05) is 63.2 Å². The largest absolute Gasteiger partial charge is 0.356 e. The van der Waals surface area contributed by atoms with Gasteiger partial charge in [-0.15, -0.1) is 0 Å². The van der Waals surface area contributed by atoms with Crippen molar-refractivity contribution < 1.29 is 4.52 Å². The maximum absolute atomic E-state index is 5.29. The lowest BCUT2D eigenvalue weighted by atomic mass is 9.76. The lowest BCUT2D eigenvalue weighted by molar-refractivity contribution is 0.368. The zero-order chi connectivity index (χ0) is 20.4. The van der Waals surface area contributed by atoms with Gasteiger partial charge < -0.3 is 15.2 Å². The summed E-state index contributed by atoms with van der Waals surface area (Å²) in [6.07, 6.45) is 3.83. The average molecular weight is 386 g/mol. The molecule has 0 radical (unpaired) electrons. The zero-order valence-corrected chi connectivity index (χ0v) is 18.0. The van der Waals surface area contributed by atoms with Gasteiger partial charge in [0.1, 0.15) is 0 Å². The molecule has 0 bridgehead atoms. The maximum Gasteiger partial charge on any atom is 0.226 e. The van der Waals surface area contributed by atoms with E-state index in [1.165, 1.54) is 5.56 Å². The first-order chi connectivity index (χ1) is 13.5. The predicted molar refractivity (Wildman–Crippen MR) is 115 cm³/mol. The molecule has 0 amide bonds. The van der Waals surface area contributed by atoms with Crippen LogP contribution in [0.3, 0.4) is 0 Å². The van der Waals surface area contributed by atoms with Gasteiger partial charge in [0.25, 0.3) is 0 Å². The molecule has 0 aliphatic rings. The molecule has 28 heavy (non-hydrogen) atoms. The smallest absolute Gasteiger partial charge is 0.226 e. The minimum Gasteiger partial charge on any atom is -0.356 e. The quantitative estimate of drug-likeness (QED) is 0.367. The van der Waals surface area contributed by atoms with Crippen molar-refractivity contribution in [2.24, 2.45) is 4.99 Å². The van der Waals surface area contributed by atoms with Crippen LogP contribution in [0.4, 0.5) is 0 Å². The molecule has 1 aromatic carbocycles. The van der Waals surface area contributed by atoms with E-state index in [4.69, 9.17) is 4.52 Å². The van der Waals surface area contributed by atoms with Gasteiger partial charge in [-0.25, -0.2) is 0 Å². The Labute approximate surface area is 169 Å². The molecule has 6 heteroatoms. The Kier molecular flexibility index (Phi) is 8.48. The van der Waals surface area contributed by atoms with Crippen molar-refractivity contribution in [3.8, 4) is 0 Å². The van der Waals surface area contributed by atoms with Crippen LogP contribution in [0.25, 0.3) is 0 Å². The molecule has 0 aliphatic heterocycles. The van der Waals surface area contributed by atoms with Crippen molar-refractivity contribution in [2.75, 3.05) is 20.1 Å². The molecule has 0 saturated heterocycles. The van der Waals surface area contributed by atoms with Crippen LogP contribution in [0.2, 0.25) is 0 Å². The number of rotatable bonds is 10. The lowest BCUT2D eigenvalue weighted by Crippen LogP contribution is -2.45. The third kappa shape index (κ3) is 5.81. The van der Waals surface area contributed by atoms with E-state index < -0.39 is 0 Å². The number of nitrogens with one attached hydrogen (secondary N) is 2. The third-order valence-corrected chi connectivity index (χ3v) is 5.42. The number of guanidine groups is 1. The molecule has 0 atom stereocenters. The second-order valence-corrected chi connectivity index (χ2v) is 7.51. The van der Waals surface area contributed by atoms with Crippen molar-refractivity contribution in [3.63, 3.8) is 0 Å². The SMILES string of the molecule is CCC(CC)(CNC(=NC)NCCCc1nc(C(C)C)no1)c1ccccc1. The van der Waals surface area contributed by atoms with Crippen molar-refractivity contribution in [1.29, 1.82) is 0 Å². The van der Waals surface area contributed by atoms with E-state index in [0.29, 0.717) is 11.8 Å². The molecule has 0 unspecified atom stereocenters. The highest BCUT2D eigenvalue weighted by atomic mass is 16.5. The van der Waals surface area contributed by atoms with E-state index in [2.05, 4.69) is 83.8 Å². The van der Waals surface area contributed by atoms with Crippen LogP contribution in [0.1, 0.15) is 70.2 Å². The van der Waals surface area contributed by atoms with E-state index in [9.17, 15) is 0 Å². The number of hydrogen-bond acceptors (Lipinski definition) is 4. The van der Waals surface area contributed by atoms with Crippen molar-refractivity contribution in [1.82, 2.24) is 20.8 Å². The van der Waals surface area contributed by atoms with Crippen LogP contribution in [0.15, 0.2) is 39.8 Å². The maximum atomic E-state index is 5.29. The number of aromatic nitrogens is 2. The highest BCUT2D eigenvalue weighted by Gasteiger charge is 2.28. The van der Waals surface area contributed by atoms with Crippen LogP contribution >= 0.6 is 0 Å². The molecule has 154 valence electrons. The van der Waals surface area contributed by atoms with E-state index in [-0.39, 0.29) is 5.41 Å². The zero-order valence-electron chi connectivity index (χ0n) is 18.0. The molecule has 6 nitrogen and oxygen atoms in total. The second-order valence-electron chi connectivity index (χ2n) is 7.51. The number of nitrogens with zero attached hydrogens (tertiary/aromatic N) is 3. The molecule has 2 N–H and O–H groups in total. The second kappa shape index (κ2) is 10.8. The first-order valence-electron chi connectivity index (χ1n) is 10.4. The third-order valence-electron chi connectivity index (χ3n) is 5.42. The number of benzene rings is 1. The van der Waals surface area contributed by atoms with Gasteiger partial charge in [0.05, 0.1) is 0 Å². The van der Waals surface area contributed by atoms with E-state index in [0.717, 1.165) is 50.6 Å². The van der Waals surface area contributed by atoms with Crippen LogP contribution in [-0.2, 0) is 11.8 Å². The number of aliphatic imine (C=N–C) groups is 1. The summed E-state index contributed by atoms with van der Waals surface area (Å²) >= 11 is 0. The summed E-state index contributed by atoms with van der Waals surface area (Å²) in [6, 6.07) is 10.7. The molecule has 2 aromatic rings. The topological polar surface area (TPSA) is 75.3 Å². The van der Waals surface area contributed by atoms with E-state index in [1.54, 1.807) is 0 Å². The predicted octanol–water partition coefficient (Wildman–Crippen LogP) is 4.05. The summed E-state index contributed by atoms with van der Waals surface area (Å²) in [5.74, 6) is 2.60. The Morgan fingerprint density at radius 1 is 1.14 bits per heavy atom. The Balaban J connectivity index is 1.83. The lowest BCUT2D eigenvalue weighted by Gasteiger charge is -2.33. The summed E-state index contributed by atoms with van der Waals surface area (Å²) in [5, 5.41) is 10.9. The monoisotopic (exact) mass is 385 g/mol. The number of aryl methyl sites for hydroxylation is 1. The Morgan fingerprint density at radius 3 is 2.43 bits per heavy atom. The minimum absolute atomic E-state index is 0.107. The molecule has 1 aromatic heterocycles. The fraction of sp³-hybridized carbons (Fsp3) is 0.591. The Hall–Kier alpha value is -2.37. The van der Waals surface area contributed by atoms with E-state index >= 15 is 0 Å². The van der Waals surface area contributed by atoms with Crippen molar-refractivity contribution >= 4 is 5.96 Å². The highest BCUT2D eigenvalue weighted by molar-refractivity contribution is 5.79. The summed E-state index contributed by atoms with van der Waals surface area (Å²) in [7, 11) is 1.81. The molecule has 0 fully saturated rings. The van der Waals surface area contributed by atoms with Gasteiger partial charge >= 0.3 is 0 Å². The summed E-state index contributed by atoms with van der Waals surface area (Å²) in [4.78, 5) is 8.79. The van der Waals surface area contributed by atoms with Gasteiger partial charge in [0.2, 0.25) is 5.89 Å². The van der Waals surface area contributed by atoms with Crippen LogP contribution < -0.4 is 10.6 Å². The summed E-state index contributed by atoms with van der Waals surface area (Å²) < 4.78 is 5.29. The average Bonchev–Trinajstić information content (AvgIpc) is 3.20. The molecular formula is C22H35N5O. The minimum atomic E-state index is 0.107. The standard InChI is InChI=1S/C22H35N5O/c1-6-22(7-2,18-12-9-8-10-13-18)16-25-21(23-5)24-15-11-14-19-26-20(17(3)4)27-28-19/h8-10,12-13,17H,6-7,11,14-16H2,1-5H3,(H2,23,24,25). The fourth-order valence-electron chi connectivity index (χ4n) is 3.33. The summed E-state index contributed by atoms with van der Waals surface area (Å²) in [6.45, 7) is 10.3.